The zero-order valence-corrected chi connectivity index (χ0v) is 9.72. The van der Waals surface area contributed by atoms with Gasteiger partial charge in [-0.1, -0.05) is 12.5 Å². The van der Waals surface area contributed by atoms with Crippen molar-refractivity contribution in [3.63, 3.8) is 0 Å². The number of phenolic OH excluding ortho intramolecular Hbond substituents is 1. The Balaban J connectivity index is 2.08. The molecule has 4 heteroatoms. The highest BCUT2D eigenvalue weighted by atomic mass is 16.4. The number of carboxylic acids is 1. The van der Waals surface area contributed by atoms with Crippen LogP contribution in [0.1, 0.15) is 35.2 Å². The zero-order valence-electron chi connectivity index (χ0n) is 9.72. The summed E-state index contributed by atoms with van der Waals surface area (Å²) in [5, 5.41) is 18.6. The second-order valence-corrected chi connectivity index (χ2v) is 4.49. The van der Waals surface area contributed by atoms with Crippen LogP contribution in [0.2, 0.25) is 0 Å². The molecule has 0 spiro atoms. The van der Waals surface area contributed by atoms with Crippen molar-refractivity contribution in [2.24, 2.45) is 0 Å². The molecule has 1 aliphatic heterocycles. The molecule has 0 unspecified atom stereocenters. The summed E-state index contributed by atoms with van der Waals surface area (Å²) in [4.78, 5) is 13.0. The predicted molar refractivity (Wildman–Crippen MR) is 64.2 cm³/mol. The minimum atomic E-state index is -1.01. The summed E-state index contributed by atoms with van der Waals surface area (Å²) in [6.07, 6.45) is 3.68. The molecule has 92 valence electrons. The van der Waals surface area contributed by atoms with Gasteiger partial charge in [-0.3, -0.25) is 4.90 Å². The highest BCUT2D eigenvalue weighted by molar-refractivity contribution is 5.88. The molecule has 0 atom stereocenters. The fraction of sp³-hybridized carbons (Fsp3) is 0.462. The first-order chi connectivity index (χ1) is 8.16. The summed E-state index contributed by atoms with van der Waals surface area (Å²) < 4.78 is 0. The third kappa shape index (κ3) is 2.97. The van der Waals surface area contributed by atoms with Crippen molar-refractivity contribution in [1.29, 1.82) is 0 Å². The topological polar surface area (TPSA) is 60.8 Å². The van der Waals surface area contributed by atoms with Gasteiger partial charge < -0.3 is 10.2 Å². The lowest BCUT2D eigenvalue weighted by atomic mass is 10.1. The van der Waals surface area contributed by atoms with E-state index in [1.165, 1.54) is 25.3 Å². The van der Waals surface area contributed by atoms with Gasteiger partial charge in [0, 0.05) is 12.1 Å². The molecular weight excluding hydrogens is 218 g/mol. The van der Waals surface area contributed by atoms with Crippen molar-refractivity contribution >= 4 is 5.97 Å². The number of carbonyl (C=O) groups is 1. The number of phenols is 1. The maximum Gasteiger partial charge on any atom is 0.335 e. The number of rotatable bonds is 3. The van der Waals surface area contributed by atoms with E-state index < -0.39 is 5.97 Å². The molecule has 2 rings (SSSR count). The van der Waals surface area contributed by atoms with Crippen LogP contribution in [-0.4, -0.2) is 34.2 Å². The Morgan fingerprint density at radius 2 is 1.94 bits per heavy atom. The zero-order chi connectivity index (χ0) is 12.3. The highest BCUT2D eigenvalue weighted by Crippen LogP contribution is 2.22. The standard InChI is InChI=1S/C13H17NO3/c15-12-8-10(13(16)17)4-5-11(12)9-14-6-2-1-3-7-14/h4-5,8,15H,1-3,6-7,9H2,(H,16,17). The van der Waals surface area contributed by atoms with E-state index in [0.717, 1.165) is 18.7 Å². The van der Waals surface area contributed by atoms with Gasteiger partial charge in [0.25, 0.3) is 0 Å². The van der Waals surface area contributed by atoms with E-state index in [1.807, 2.05) is 0 Å². The Labute approximate surface area is 100 Å². The molecule has 1 aromatic rings. The number of piperidine rings is 1. The monoisotopic (exact) mass is 235 g/mol. The smallest absolute Gasteiger partial charge is 0.335 e. The fourth-order valence-electron chi connectivity index (χ4n) is 2.19. The van der Waals surface area contributed by atoms with Crippen LogP contribution >= 0.6 is 0 Å². The lowest BCUT2D eigenvalue weighted by molar-refractivity contribution is 0.0696. The summed E-state index contributed by atoms with van der Waals surface area (Å²) >= 11 is 0. The Morgan fingerprint density at radius 1 is 1.24 bits per heavy atom. The average molecular weight is 235 g/mol. The molecule has 1 fully saturated rings. The first-order valence-corrected chi connectivity index (χ1v) is 5.94. The van der Waals surface area contributed by atoms with Crippen molar-refractivity contribution in [2.45, 2.75) is 25.8 Å². The molecule has 0 aromatic heterocycles. The van der Waals surface area contributed by atoms with Crippen molar-refractivity contribution in [2.75, 3.05) is 13.1 Å². The predicted octanol–water partition coefficient (Wildman–Crippen LogP) is 2.08. The summed E-state index contributed by atoms with van der Waals surface area (Å²) in [6, 6.07) is 4.57. The summed E-state index contributed by atoms with van der Waals surface area (Å²) in [6.45, 7) is 2.81. The summed E-state index contributed by atoms with van der Waals surface area (Å²) in [5.41, 5.74) is 0.932. The normalized spacial score (nSPS) is 16.9. The van der Waals surface area contributed by atoms with Crippen LogP contribution in [-0.2, 0) is 6.54 Å². The third-order valence-electron chi connectivity index (χ3n) is 3.17. The Kier molecular flexibility index (Phi) is 3.64. The molecule has 1 aromatic carbocycles. The number of aromatic carboxylic acids is 1. The Morgan fingerprint density at radius 3 is 2.53 bits per heavy atom. The summed E-state index contributed by atoms with van der Waals surface area (Å²) in [5.74, 6) is -0.930. The van der Waals surface area contributed by atoms with Crippen molar-refractivity contribution in [3.05, 3.63) is 29.3 Å². The van der Waals surface area contributed by atoms with Crippen LogP contribution in [0.3, 0.4) is 0 Å². The number of nitrogens with zero attached hydrogens (tertiary/aromatic N) is 1. The lowest BCUT2D eigenvalue weighted by Crippen LogP contribution is -2.29. The third-order valence-corrected chi connectivity index (χ3v) is 3.17. The number of hydrogen-bond acceptors (Lipinski definition) is 3. The molecular formula is C13H17NO3. The molecule has 0 bridgehead atoms. The van der Waals surface area contributed by atoms with Crippen molar-refractivity contribution in [1.82, 2.24) is 4.90 Å². The minimum absolute atomic E-state index is 0.0791. The number of carboxylic acid groups (broad SMARTS) is 1. The van der Waals surface area contributed by atoms with Crippen LogP contribution in [0.4, 0.5) is 0 Å². The molecule has 0 saturated carbocycles. The average Bonchev–Trinajstić information content (AvgIpc) is 2.33. The molecule has 0 radical (unpaired) electrons. The number of hydrogen-bond donors (Lipinski definition) is 2. The van der Waals surface area contributed by atoms with E-state index in [4.69, 9.17) is 5.11 Å². The Bertz CT molecular complexity index is 411. The van der Waals surface area contributed by atoms with Crippen LogP contribution in [0.15, 0.2) is 18.2 Å². The lowest BCUT2D eigenvalue weighted by Gasteiger charge is -2.26. The van der Waals surface area contributed by atoms with Gasteiger partial charge in [0.05, 0.1) is 5.56 Å². The first-order valence-electron chi connectivity index (χ1n) is 5.94. The maximum absolute atomic E-state index is 10.7. The van der Waals surface area contributed by atoms with Gasteiger partial charge >= 0.3 is 5.97 Å². The van der Waals surface area contributed by atoms with E-state index in [0.29, 0.717) is 6.54 Å². The van der Waals surface area contributed by atoms with E-state index in [2.05, 4.69) is 4.90 Å². The SMILES string of the molecule is O=C(O)c1ccc(CN2CCCCC2)c(O)c1. The quantitative estimate of drug-likeness (QED) is 0.842. The minimum Gasteiger partial charge on any atom is -0.508 e. The molecule has 1 heterocycles. The van der Waals surface area contributed by atoms with Crippen molar-refractivity contribution in [3.8, 4) is 5.75 Å². The van der Waals surface area contributed by atoms with Gasteiger partial charge in [0.1, 0.15) is 5.75 Å². The molecule has 1 aliphatic rings. The number of likely N-dealkylation sites (tertiary alicyclic amines) is 1. The maximum atomic E-state index is 10.7. The van der Waals surface area contributed by atoms with E-state index in [-0.39, 0.29) is 11.3 Å². The highest BCUT2D eigenvalue weighted by Gasteiger charge is 2.13. The van der Waals surface area contributed by atoms with E-state index >= 15 is 0 Å². The fourth-order valence-corrected chi connectivity index (χ4v) is 2.19. The molecule has 0 amide bonds. The Hall–Kier alpha value is -1.55. The first kappa shape index (κ1) is 11.9. The summed E-state index contributed by atoms with van der Waals surface area (Å²) in [7, 11) is 0. The van der Waals surface area contributed by atoms with E-state index in [9.17, 15) is 9.90 Å². The van der Waals surface area contributed by atoms with Crippen molar-refractivity contribution < 1.29 is 15.0 Å². The van der Waals surface area contributed by atoms with Crippen LogP contribution < -0.4 is 0 Å². The largest absolute Gasteiger partial charge is 0.508 e. The molecule has 2 N–H and O–H groups in total. The molecule has 0 aliphatic carbocycles. The van der Waals surface area contributed by atoms with Gasteiger partial charge in [-0.25, -0.2) is 4.79 Å². The number of benzene rings is 1. The second-order valence-electron chi connectivity index (χ2n) is 4.49. The number of aromatic hydroxyl groups is 1. The molecule has 17 heavy (non-hydrogen) atoms. The van der Waals surface area contributed by atoms with Gasteiger partial charge in [0.15, 0.2) is 0 Å². The van der Waals surface area contributed by atoms with Crippen LogP contribution in [0.5, 0.6) is 5.75 Å². The van der Waals surface area contributed by atoms with Gasteiger partial charge in [0.2, 0.25) is 0 Å². The second kappa shape index (κ2) is 5.19. The van der Waals surface area contributed by atoms with Gasteiger partial charge in [-0.05, 0) is 38.1 Å². The van der Waals surface area contributed by atoms with Gasteiger partial charge in [-0.15, -0.1) is 0 Å². The van der Waals surface area contributed by atoms with Crippen LogP contribution in [0.25, 0.3) is 0 Å². The molecule has 4 nitrogen and oxygen atoms in total. The molecule has 1 saturated heterocycles. The van der Waals surface area contributed by atoms with E-state index in [1.54, 1.807) is 12.1 Å². The van der Waals surface area contributed by atoms with Crippen LogP contribution in [0, 0.1) is 0 Å². The van der Waals surface area contributed by atoms with Gasteiger partial charge in [-0.2, -0.15) is 0 Å².